The topological polar surface area (TPSA) is 28.2 Å². The van der Waals surface area contributed by atoms with Gasteiger partial charge in [-0.1, -0.05) is 33.6 Å². The highest BCUT2D eigenvalue weighted by atomic mass is 15.2. The van der Waals surface area contributed by atoms with Crippen molar-refractivity contribution >= 4 is 5.82 Å². The van der Waals surface area contributed by atoms with Gasteiger partial charge in [0.05, 0.1) is 0 Å². The number of nitrogens with one attached hydrogen (secondary N) is 1. The Labute approximate surface area is 131 Å². The maximum absolute atomic E-state index is 4.61. The Hall–Kier alpha value is -1.09. The molecule has 0 amide bonds. The molecule has 1 aromatic heterocycles. The largest absolute Gasteiger partial charge is 0.357 e. The van der Waals surface area contributed by atoms with Gasteiger partial charge in [0.1, 0.15) is 5.82 Å². The van der Waals surface area contributed by atoms with E-state index in [0.29, 0.717) is 6.04 Å². The molecule has 3 nitrogen and oxygen atoms in total. The van der Waals surface area contributed by atoms with Crippen molar-refractivity contribution in [2.75, 3.05) is 24.5 Å². The van der Waals surface area contributed by atoms with Gasteiger partial charge in [0.15, 0.2) is 0 Å². The van der Waals surface area contributed by atoms with Gasteiger partial charge in [-0.05, 0) is 50.4 Å². The van der Waals surface area contributed by atoms with Crippen LogP contribution in [0.3, 0.4) is 0 Å². The summed E-state index contributed by atoms with van der Waals surface area (Å²) in [6.45, 7) is 12.2. The van der Waals surface area contributed by atoms with E-state index in [-0.39, 0.29) is 0 Å². The minimum absolute atomic E-state index is 0.394. The smallest absolute Gasteiger partial charge is 0.128 e. The Balaban J connectivity index is 2.77. The molecule has 3 heteroatoms. The molecule has 1 rings (SSSR count). The molecule has 120 valence electrons. The summed E-state index contributed by atoms with van der Waals surface area (Å²) in [4.78, 5) is 7.05. The maximum atomic E-state index is 4.61. The summed E-state index contributed by atoms with van der Waals surface area (Å²) in [5.41, 5.74) is 1.34. The third-order valence-corrected chi connectivity index (χ3v) is 3.86. The first kappa shape index (κ1) is 18.0. The Morgan fingerprint density at radius 2 is 1.76 bits per heavy atom. The lowest BCUT2D eigenvalue weighted by molar-refractivity contribution is 0.569. The quantitative estimate of drug-likeness (QED) is 0.648. The molecule has 1 atom stereocenters. The van der Waals surface area contributed by atoms with E-state index in [1.807, 2.05) is 6.20 Å². The van der Waals surface area contributed by atoms with Crippen molar-refractivity contribution in [3.05, 3.63) is 23.9 Å². The fourth-order valence-corrected chi connectivity index (χ4v) is 2.39. The minimum atomic E-state index is 0.394. The summed E-state index contributed by atoms with van der Waals surface area (Å²) in [7, 11) is 0. The third-order valence-electron chi connectivity index (χ3n) is 3.86. The van der Waals surface area contributed by atoms with Crippen LogP contribution in [0.2, 0.25) is 0 Å². The van der Waals surface area contributed by atoms with E-state index in [1.54, 1.807) is 0 Å². The molecule has 0 spiro atoms. The van der Waals surface area contributed by atoms with Gasteiger partial charge >= 0.3 is 0 Å². The van der Waals surface area contributed by atoms with Gasteiger partial charge in [0.25, 0.3) is 0 Å². The number of hydrogen-bond donors (Lipinski definition) is 1. The molecule has 1 aromatic rings. The molecule has 21 heavy (non-hydrogen) atoms. The number of pyridine rings is 1. The first-order valence-electron chi connectivity index (χ1n) is 8.67. The van der Waals surface area contributed by atoms with E-state index in [2.05, 4.69) is 55.0 Å². The van der Waals surface area contributed by atoms with Crippen molar-refractivity contribution < 1.29 is 0 Å². The van der Waals surface area contributed by atoms with Crippen molar-refractivity contribution in [2.24, 2.45) is 0 Å². The molecule has 1 N–H and O–H groups in total. The highest BCUT2D eigenvalue weighted by molar-refractivity contribution is 5.41. The molecule has 1 unspecified atom stereocenters. The predicted octanol–water partition coefficient (Wildman–Crippen LogP) is 4.55. The van der Waals surface area contributed by atoms with Crippen LogP contribution >= 0.6 is 0 Å². The SMILES string of the molecule is CCCCN(CCCC)c1cc(C(C)NCCC)ccn1. The van der Waals surface area contributed by atoms with Gasteiger partial charge in [-0.15, -0.1) is 0 Å². The number of hydrogen-bond acceptors (Lipinski definition) is 3. The van der Waals surface area contributed by atoms with Crippen molar-refractivity contribution in [1.29, 1.82) is 0 Å². The summed E-state index contributed by atoms with van der Waals surface area (Å²) in [5.74, 6) is 1.14. The highest BCUT2D eigenvalue weighted by Crippen LogP contribution is 2.19. The van der Waals surface area contributed by atoms with Crippen molar-refractivity contribution in [2.45, 2.75) is 65.8 Å². The molecular formula is C18H33N3. The molecular weight excluding hydrogens is 258 g/mol. The molecule has 0 saturated carbocycles. The van der Waals surface area contributed by atoms with Crippen molar-refractivity contribution in [3.63, 3.8) is 0 Å². The van der Waals surface area contributed by atoms with E-state index in [1.165, 1.54) is 37.7 Å². The van der Waals surface area contributed by atoms with E-state index in [0.717, 1.165) is 25.5 Å². The van der Waals surface area contributed by atoms with Gasteiger partial charge < -0.3 is 10.2 Å². The molecule has 0 aliphatic rings. The number of rotatable bonds is 11. The van der Waals surface area contributed by atoms with Crippen LogP contribution in [-0.2, 0) is 0 Å². The van der Waals surface area contributed by atoms with Gasteiger partial charge in [-0.3, -0.25) is 0 Å². The summed E-state index contributed by atoms with van der Waals surface area (Å²) in [6, 6.07) is 4.79. The number of unbranched alkanes of at least 4 members (excludes halogenated alkanes) is 2. The first-order valence-corrected chi connectivity index (χ1v) is 8.67. The first-order chi connectivity index (χ1) is 10.2. The fraction of sp³-hybridized carbons (Fsp3) is 0.722. The lowest BCUT2D eigenvalue weighted by Gasteiger charge is -2.24. The van der Waals surface area contributed by atoms with Crippen molar-refractivity contribution in [1.82, 2.24) is 10.3 Å². The average molecular weight is 291 g/mol. The summed E-state index contributed by atoms with van der Waals surface area (Å²) in [6.07, 6.45) is 8.06. The molecule has 0 aliphatic carbocycles. The second-order valence-electron chi connectivity index (χ2n) is 5.82. The Morgan fingerprint density at radius 1 is 1.10 bits per heavy atom. The molecule has 0 aliphatic heterocycles. The van der Waals surface area contributed by atoms with Gasteiger partial charge in [0, 0.05) is 25.3 Å². The second kappa shape index (κ2) is 10.6. The number of anilines is 1. The summed E-state index contributed by atoms with van der Waals surface area (Å²) in [5, 5.41) is 3.55. The van der Waals surface area contributed by atoms with Crippen LogP contribution in [0.1, 0.15) is 71.4 Å². The van der Waals surface area contributed by atoms with Gasteiger partial charge in [-0.25, -0.2) is 4.98 Å². The van der Waals surface area contributed by atoms with E-state index in [9.17, 15) is 0 Å². The molecule has 0 fully saturated rings. The number of aromatic nitrogens is 1. The van der Waals surface area contributed by atoms with Crippen LogP contribution < -0.4 is 10.2 Å². The molecule has 1 heterocycles. The second-order valence-corrected chi connectivity index (χ2v) is 5.82. The third kappa shape index (κ3) is 6.47. The average Bonchev–Trinajstić information content (AvgIpc) is 2.53. The van der Waals surface area contributed by atoms with E-state index < -0.39 is 0 Å². The van der Waals surface area contributed by atoms with Crippen LogP contribution in [0.25, 0.3) is 0 Å². The van der Waals surface area contributed by atoms with Crippen LogP contribution in [0.4, 0.5) is 5.82 Å². The van der Waals surface area contributed by atoms with Crippen LogP contribution in [-0.4, -0.2) is 24.6 Å². The molecule has 0 radical (unpaired) electrons. The van der Waals surface area contributed by atoms with Gasteiger partial charge in [0.2, 0.25) is 0 Å². The highest BCUT2D eigenvalue weighted by Gasteiger charge is 2.10. The summed E-state index contributed by atoms with van der Waals surface area (Å²) < 4.78 is 0. The fourth-order valence-electron chi connectivity index (χ4n) is 2.39. The van der Waals surface area contributed by atoms with Gasteiger partial charge in [-0.2, -0.15) is 0 Å². The minimum Gasteiger partial charge on any atom is -0.357 e. The summed E-state index contributed by atoms with van der Waals surface area (Å²) >= 11 is 0. The zero-order valence-electron chi connectivity index (χ0n) is 14.4. The molecule has 0 aromatic carbocycles. The van der Waals surface area contributed by atoms with Crippen LogP contribution in [0.15, 0.2) is 18.3 Å². The van der Waals surface area contributed by atoms with Crippen LogP contribution in [0, 0.1) is 0 Å². The lowest BCUT2D eigenvalue weighted by atomic mass is 10.1. The van der Waals surface area contributed by atoms with E-state index in [4.69, 9.17) is 0 Å². The Kier molecular flexibility index (Phi) is 9.07. The number of nitrogens with zero attached hydrogens (tertiary/aromatic N) is 2. The zero-order valence-corrected chi connectivity index (χ0v) is 14.4. The molecule has 0 bridgehead atoms. The monoisotopic (exact) mass is 291 g/mol. The molecule has 0 saturated heterocycles. The predicted molar refractivity (Wildman–Crippen MR) is 93.0 cm³/mol. The van der Waals surface area contributed by atoms with E-state index >= 15 is 0 Å². The van der Waals surface area contributed by atoms with Crippen molar-refractivity contribution in [3.8, 4) is 0 Å². The maximum Gasteiger partial charge on any atom is 0.128 e. The Morgan fingerprint density at radius 3 is 2.33 bits per heavy atom. The Bertz CT molecular complexity index is 370. The normalized spacial score (nSPS) is 12.4. The standard InChI is InChI=1S/C18H33N3/c1-5-8-13-21(14-9-6-2)18-15-17(10-12-20-18)16(4)19-11-7-3/h10,12,15-16,19H,5-9,11,13-14H2,1-4H3. The zero-order chi connectivity index (χ0) is 15.5. The van der Waals surface area contributed by atoms with Crippen LogP contribution in [0.5, 0.6) is 0 Å². The lowest BCUT2D eigenvalue weighted by Crippen LogP contribution is -2.27.